The lowest BCUT2D eigenvalue weighted by Crippen LogP contribution is -2.07. The van der Waals surface area contributed by atoms with E-state index in [-0.39, 0.29) is 36.4 Å². The normalized spacial score (nSPS) is 9.77. The number of hydrogen-bond acceptors (Lipinski definition) is 6. The Balaban J connectivity index is 1.85. The minimum absolute atomic E-state index is 0.0836. The Labute approximate surface area is 150 Å². The second-order valence-electron chi connectivity index (χ2n) is 5.30. The maximum absolute atomic E-state index is 9.16. The Kier molecular flexibility index (Phi) is 5.39. The fourth-order valence-electron chi connectivity index (χ4n) is 2.20. The fourth-order valence-corrected chi connectivity index (χ4v) is 2.20. The van der Waals surface area contributed by atoms with E-state index in [1.165, 1.54) is 0 Å². The Bertz CT molecular complexity index is 880. The summed E-state index contributed by atoms with van der Waals surface area (Å²) in [5.41, 5.74) is 1.68. The lowest BCUT2D eigenvalue weighted by molar-refractivity contribution is 0.238. The van der Waals surface area contributed by atoms with Gasteiger partial charge in [0.05, 0.1) is 0 Å². The molecule has 0 radical (unpaired) electrons. The van der Waals surface area contributed by atoms with Crippen LogP contribution in [0.1, 0.15) is 22.5 Å². The van der Waals surface area contributed by atoms with E-state index < -0.39 is 0 Å². The summed E-state index contributed by atoms with van der Waals surface area (Å²) in [6, 6.07) is 22.8. The average molecular weight is 342 g/mol. The third-order valence-corrected chi connectivity index (χ3v) is 3.48. The number of ether oxygens (including phenoxy) is 2. The summed E-state index contributed by atoms with van der Waals surface area (Å²) >= 11 is 0. The van der Waals surface area contributed by atoms with Gasteiger partial charge >= 0.3 is 0 Å². The number of nitrogens with zero attached hydrogens (tertiary/aromatic N) is 4. The molecule has 1 aromatic heterocycles. The molecule has 6 heteroatoms. The third-order valence-electron chi connectivity index (χ3n) is 3.48. The van der Waals surface area contributed by atoms with E-state index in [1.54, 1.807) is 0 Å². The SMILES string of the molecule is N#Cc1nc(OCc2ccccc2)c(OCc2ccccc2)nc1C#N. The van der Waals surface area contributed by atoms with Gasteiger partial charge in [-0.15, -0.1) is 0 Å². The van der Waals surface area contributed by atoms with Crippen LogP contribution in [0.4, 0.5) is 0 Å². The van der Waals surface area contributed by atoms with Crippen LogP contribution in [0.2, 0.25) is 0 Å². The molecule has 126 valence electrons. The third kappa shape index (κ3) is 4.14. The zero-order valence-corrected chi connectivity index (χ0v) is 13.8. The van der Waals surface area contributed by atoms with Gasteiger partial charge in [0.2, 0.25) is 0 Å². The summed E-state index contributed by atoms with van der Waals surface area (Å²) < 4.78 is 11.4. The summed E-state index contributed by atoms with van der Waals surface area (Å²) in [4.78, 5) is 8.19. The standard InChI is InChI=1S/C20H14N4O2/c21-11-17-18(12-22)24-20(26-14-16-9-5-2-6-10-16)19(23-17)25-13-15-7-3-1-4-8-15/h1-10H,13-14H2. The zero-order chi connectivity index (χ0) is 18.2. The van der Waals surface area contributed by atoms with E-state index >= 15 is 0 Å². The van der Waals surface area contributed by atoms with Crippen molar-refractivity contribution in [1.82, 2.24) is 9.97 Å². The van der Waals surface area contributed by atoms with Crippen LogP contribution < -0.4 is 9.47 Å². The first-order chi connectivity index (χ1) is 12.8. The van der Waals surface area contributed by atoms with Gasteiger partial charge in [0.25, 0.3) is 11.8 Å². The Hall–Kier alpha value is -3.90. The minimum atomic E-state index is -0.0948. The average Bonchev–Trinajstić information content (AvgIpc) is 2.72. The van der Waals surface area contributed by atoms with E-state index in [2.05, 4.69) is 9.97 Å². The van der Waals surface area contributed by atoms with E-state index in [1.807, 2.05) is 72.8 Å². The molecule has 1 heterocycles. The van der Waals surface area contributed by atoms with Crippen molar-refractivity contribution in [3.8, 4) is 23.9 Å². The molecular weight excluding hydrogens is 328 g/mol. The fraction of sp³-hybridized carbons (Fsp3) is 0.100. The number of rotatable bonds is 6. The highest BCUT2D eigenvalue weighted by Gasteiger charge is 2.16. The molecule has 0 spiro atoms. The molecule has 0 aliphatic carbocycles. The van der Waals surface area contributed by atoms with Gasteiger partial charge in [-0.05, 0) is 11.1 Å². The molecule has 0 bridgehead atoms. The Morgan fingerprint density at radius 2 is 1.04 bits per heavy atom. The maximum Gasteiger partial charge on any atom is 0.279 e. The summed E-state index contributed by atoms with van der Waals surface area (Å²) in [7, 11) is 0. The van der Waals surface area contributed by atoms with Gasteiger partial charge in [-0.25, -0.2) is 0 Å². The number of aromatic nitrogens is 2. The number of nitriles is 2. The molecule has 0 atom stereocenters. The summed E-state index contributed by atoms with van der Waals surface area (Å²) in [6.07, 6.45) is 0. The first kappa shape index (κ1) is 16.9. The molecule has 3 rings (SSSR count). The molecular formula is C20H14N4O2. The minimum Gasteiger partial charge on any atom is -0.469 e. The van der Waals surface area contributed by atoms with Crippen LogP contribution >= 0.6 is 0 Å². The first-order valence-electron chi connectivity index (χ1n) is 7.86. The molecule has 0 saturated carbocycles. The van der Waals surface area contributed by atoms with E-state index in [0.29, 0.717) is 0 Å². The molecule has 0 N–H and O–H groups in total. The molecule has 26 heavy (non-hydrogen) atoms. The molecule has 6 nitrogen and oxygen atoms in total. The molecule has 0 saturated heterocycles. The summed E-state index contributed by atoms with van der Waals surface area (Å²) in [5.74, 6) is 0.167. The monoisotopic (exact) mass is 342 g/mol. The topological polar surface area (TPSA) is 91.8 Å². The number of hydrogen-bond donors (Lipinski definition) is 0. The van der Waals surface area contributed by atoms with Crippen molar-refractivity contribution in [2.75, 3.05) is 0 Å². The second-order valence-corrected chi connectivity index (χ2v) is 5.30. The van der Waals surface area contributed by atoms with Crippen LogP contribution in [-0.2, 0) is 13.2 Å². The summed E-state index contributed by atoms with van der Waals surface area (Å²) in [6.45, 7) is 0.488. The van der Waals surface area contributed by atoms with Crippen molar-refractivity contribution in [3.63, 3.8) is 0 Å². The van der Waals surface area contributed by atoms with Gasteiger partial charge < -0.3 is 9.47 Å². The van der Waals surface area contributed by atoms with Gasteiger partial charge in [0.1, 0.15) is 25.4 Å². The van der Waals surface area contributed by atoms with E-state index in [9.17, 15) is 0 Å². The van der Waals surface area contributed by atoms with Gasteiger partial charge in [-0.3, -0.25) is 0 Å². The lowest BCUT2D eigenvalue weighted by Gasteiger charge is -2.12. The Morgan fingerprint density at radius 3 is 1.38 bits per heavy atom. The molecule has 2 aromatic carbocycles. The highest BCUT2D eigenvalue weighted by atomic mass is 16.5. The van der Waals surface area contributed by atoms with Gasteiger partial charge in [0, 0.05) is 0 Å². The quantitative estimate of drug-likeness (QED) is 0.682. The molecule has 0 fully saturated rings. The first-order valence-corrected chi connectivity index (χ1v) is 7.86. The van der Waals surface area contributed by atoms with Crippen molar-refractivity contribution >= 4 is 0 Å². The van der Waals surface area contributed by atoms with Crippen molar-refractivity contribution in [2.24, 2.45) is 0 Å². The lowest BCUT2D eigenvalue weighted by atomic mass is 10.2. The molecule has 0 aliphatic rings. The molecule has 0 aliphatic heterocycles. The molecule has 0 unspecified atom stereocenters. The second kappa shape index (κ2) is 8.27. The van der Waals surface area contributed by atoms with Crippen LogP contribution in [-0.4, -0.2) is 9.97 Å². The van der Waals surface area contributed by atoms with E-state index in [0.717, 1.165) is 11.1 Å². The van der Waals surface area contributed by atoms with Crippen molar-refractivity contribution in [1.29, 1.82) is 10.5 Å². The van der Waals surface area contributed by atoms with Crippen LogP contribution in [0.15, 0.2) is 60.7 Å². The Morgan fingerprint density at radius 1 is 0.654 bits per heavy atom. The van der Waals surface area contributed by atoms with Gasteiger partial charge in [-0.1, -0.05) is 60.7 Å². The number of benzene rings is 2. The molecule has 0 amide bonds. The highest BCUT2D eigenvalue weighted by Crippen LogP contribution is 2.25. The van der Waals surface area contributed by atoms with Gasteiger partial charge in [0.15, 0.2) is 11.4 Å². The van der Waals surface area contributed by atoms with Crippen molar-refractivity contribution in [2.45, 2.75) is 13.2 Å². The van der Waals surface area contributed by atoms with E-state index in [4.69, 9.17) is 20.0 Å². The van der Waals surface area contributed by atoms with Crippen LogP contribution in [0.25, 0.3) is 0 Å². The van der Waals surface area contributed by atoms with Crippen LogP contribution in [0.3, 0.4) is 0 Å². The predicted octanol–water partition coefficient (Wildman–Crippen LogP) is 3.38. The maximum atomic E-state index is 9.16. The van der Waals surface area contributed by atoms with Crippen LogP contribution in [0.5, 0.6) is 11.8 Å². The molecule has 3 aromatic rings. The smallest absolute Gasteiger partial charge is 0.279 e. The predicted molar refractivity (Wildman–Crippen MR) is 93.0 cm³/mol. The zero-order valence-electron chi connectivity index (χ0n) is 13.8. The highest BCUT2D eigenvalue weighted by molar-refractivity contribution is 5.41. The summed E-state index contributed by atoms with van der Waals surface area (Å²) in [5, 5.41) is 18.3. The van der Waals surface area contributed by atoms with Crippen LogP contribution in [0, 0.1) is 22.7 Å². The largest absolute Gasteiger partial charge is 0.469 e. The van der Waals surface area contributed by atoms with Crippen molar-refractivity contribution in [3.05, 3.63) is 83.2 Å². The van der Waals surface area contributed by atoms with Crippen molar-refractivity contribution < 1.29 is 9.47 Å². The van der Waals surface area contributed by atoms with Gasteiger partial charge in [-0.2, -0.15) is 20.5 Å².